The lowest BCUT2D eigenvalue weighted by molar-refractivity contribution is 0.0952. The van der Waals surface area contributed by atoms with Crippen LogP contribution in [0.5, 0.6) is 11.5 Å². The largest absolute Gasteiger partial charge is 0.496 e. The van der Waals surface area contributed by atoms with E-state index in [9.17, 15) is 4.79 Å². The lowest BCUT2D eigenvalue weighted by atomic mass is 10.2. The van der Waals surface area contributed by atoms with Gasteiger partial charge in [-0.15, -0.1) is 0 Å². The number of hydrazone groups is 1. The van der Waals surface area contributed by atoms with Crippen LogP contribution in [0.3, 0.4) is 0 Å². The van der Waals surface area contributed by atoms with Gasteiger partial charge in [-0.3, -0.25) is 4.79 Å². The number of methoxy groups -OCH3 is 2. The van der Waals surface area contributed by atoms with Crippen LogP contribution in [0.25, 0.3) is 0 Å². The standard InChI is InChI=1S/C16H14Br2N2O3/c1-22-14-6-4-11(17)8-12(14)16(21)20-19-9-10-3-5-15(23-2)13(18)7-10/h3-9H,1-2H3,(H,20,21)/b19-9-. The smallest absolute Gasteiger partial charge is 0.275 e. The van der Waals surface area contributed by atoms with Gasteiger partial charge in [-0.25, -0.2) is 5.43 Å². The van der Waals surface area contributed by atoms with Crippen molar-refractivity contribution in [3.63, 3.8) is 0 Å². The van der Waals surface area contributed by atoms with Crippen molar-refractivity contribution in [3.8, 4) is 11.5 Å². The van der Waals surface area contributed by atoms with Crippen LogP contribution in [0.1, 0.15) is 15.9 Å². The zero-order chi connectivity index (χ0) is 16.8. The number of nitrogens with one attached hydrogen (secondary N) is 1. The maximum Gasteiger partial charge on any atom is 0.275 e. The Kier molecular flexibility index (Phi) is 6.18. The van der Waals surface area contributed by atoms with Crippen LogP contribution in [0.4, 0.5) is 0 Å². The summed E-state index contributed by atoms with van der Waals surface area (Å²) < 4.78 is 11.9. The van der Waals surface area contributed by atoms with Crippen molar-refractivity contribution >= 4 is 44.0 Å². The second-order valence-corrected chi connectivity index (χ2v) is 6.21. The summed E-state index contributed by atoms with van der Waals surface area (Å²) in [5.74, 6) is 0.852. The van der Waals surface area contributed by atoms with Crippen LogP contribution >= 0.6 is 31.9 Å². The highest BCUT2D eigenvalue weighted by atomic mass is 79.9. The molecule has 0 atom stereocenters. The topological polar surface area (TPSA) is 59.9 Å². The fourth-order valence-corrected chi connectivity index (χ4v) is 2.77. The zero-order valence-electron chi connectivity index (χ0n) is 12.5. The number of carbonyl (C=O) groups is 1. The van der Waals surface area contributed by atoms with Gasteiger partial charge < -0.3 is 9.47 Å². The Morgan fingerprint density at radius 3 is 2.43 bits per heavy atom. The molecule has 0 radical (unpaired) electrons. The number of benzene rings is 2. The van der Waals surface area contributed by atoms with Crippen molar-refractivity contribution in [2.75, 3.05) is 14.2 Å². The number of nitrogens with zero attached hydrogens (tertiary/aromatic N) is 1. The van der Waals surface area contributed by atoms with E-state index >= 15 is 0 Å². The molecular formula is C16H14Br2N2O3. The van der Waals surface area contributed by atoms with Gasteiger partial charge in [0, 0.05) is 4.47 Å². The number of hydrogen-bond acceptors (Lipinski definition) is 4. The highest BCUT2D eigenvalue weighted by Crippen LogP contribution is 2.25. The van der Waals surface area contributed by atoms with Crippen molar-refractivity contribution in [2.24, 2.45) is 5.10 Å². The predicted molar refractivity (Wildman–Crippen MR) is 96.4 cm³/mol. The lowest BCUT2D eigenvalue weighted by Gasteiger charge is -2.07. The molecule has 0 fully saturated rings. The van der Waals surface area contributed by atoms with Crippen molar-refractivity contribution in [2.45, 2.75) is 0 Å². The summed E-state index contributed by atoms with van der Waals surface area (Å²) in [7, 11) is 3.11. The molecule has 2 aromatic carbocycles. The molecule has 2 rings (SSSR count). The first-order valence-corrected chi connectivity index (χ1v) is 8.14. The van der Waals surface area contributed by atoms with Gasteiger partial charge in [0.25, 0.3) is 5.91 Å². The first-order chi connectivity index (χ1) is 11.0. The maximum atomic E-state index is 12.2. The van der Waals surface area contributed by atoms with E-state index in [1.165, 1.54) is 7.11 Å². The van der Waals surface area contributed by atoms with Crippen molar-refractivity contribution in [1.82, 2.24) is 5.43 Å². The first-order valence-electron chi connectivity index (χ1n) is 6.55. The summed E-state index contributed by atoms with van der Waals surface area (Å²) >= 11 is 6.73. The summed E-state index contributed by atoms with van der Waals surface area (Å²) in [5, 5.41) is 3.96. The zero-order valence-corrected chi connectivity index (χ0v) is 15.6. The third-order valence-electron chi connectivity index (χ3n) is 2.96. The first kappa shape index (κ1) is 17.5. The van der Waals surface area contributed by atoms with Gasteiger partial charge >= 0.3 is 0 Å². The molecule has 23 heavy (non-hydrogen) atoms. The molecule has 120 valence electrons. The normalized spacial score (nSPS) is 10.6. The molecule has 0 heterocycles. The van der Waals surface area contributed by atoms with Crippen molar-refractivity contribution < 1.29 is 14.3 Å². The van der Waals surface area contributed by atoms with E-state index in [1.54, 1.807) is 31.5 Å². The third kappa shape index (κ3) is 4.56. The van der Waals surface area contributed by atoms with E-state index in [0.717, 1.165) is 20.3 Å². The highest BCUT2D eigenvalue weighted by molar-refractivity contribution is 9.10. The molecule has 0 aliphatic carbocycles. The van der Waals surface area contributed by atoms with Gasteiger partial charge in [0.15, 0.2) is 0 Å². The quantitative estimate of drug-likeness (QED) is 0.563. The monoisotopic (exact) mass is 440 g/mol. The molecule has 0 saturated carbocycles. The average Bonchev–Trinajstić information content (AvgIpc) is 2.55. The van der Waals surface area contributed by atoms with Gasteiger partial charge in [-0.1, -0.05) is 15.9 Å². The van der Waals surface area contributed by atoms with Gasteiger partial charge in [0.2, 0.25) is 0 Å². The Morgan fingerprint density at radius 2 is 1.78 bits per heavy atom. The summed E-state index contributed by atoms with van der Waals surface area (Å²) in [6.45, 7) is 0. The minimum absolute atomic E-state index is 0.355. The van der Waals surface area contributed by atoms with Gasteiger partial charge in [0.05, 0.1) is 30.5 Å². The molecule has 2 aromatic rings. The molecule has 0 unspecified atom stereocenters. The maximum absolute atomic E-state index is 12.2. The van der Waals surface area contributed by atoms with Gasteiger partial charge in [-0.05, 0) is 57.9 Å². The van der Waals surface area contributed by atoms with E-state index < -0.39 is 0 Å². The SMILES string of the molecule is COc1ccc(/C=N\NC(=O)c2cc(Br)ccc2OC)cc1Br. The van der Waals surface area contributed by atoms with E-state index in [2.05, 4.69) is 42.4 Å². The molecule has 0 aliphatic heterocycles. The summed E-state index contributed by atoms with van der Waals surface area (Å²) in [5.41, 5.74) is 3.70. The van der Waals surface area contributed by atoms with E-state index in [1.807, 2.05) is 18.2 Å². The molecule has 1 N–H and O–H groups in total. The number of halogens is 2. The number of rotatable bonds is 5. The number of ether oxygens (including phenoxy) is 2. The molecule has 0 aliphatic rings. The van der Waals surface area contributed by atoms with Crippen LogP contribution < -0.4 is 14.9 Å². The predicted octanol–water partition coefficient (Wildman–Crippen LogP) is 3.99. The second-order valence-electron chi connectivity index (χ2n) is 4.44. The van der Waals surface area contributed by atoms with Crippen LogP contribution in [-0.4, -0.2) is 26.3 Å². The fraction of sp³-hybridized carbons (Fsp3) is 0.125. The van der Waals surface area contributed by atoms with E-state index in [-0.39, 0.29) is 5.91 Å². The Labute approximate surface area is 150 Å². The van der Waals surface area contributed by atoms with E-state index in [4.69, 9.17) is 9.47 Å². The Balaban J connectivity index is 2.10. The highest BCUT2D eigenvalue weighted by Gasteiger charge is 2.12. The van der Waals surface area contributed by atoms with Crippen LogP contribution in [0, 0.1) is 0 Å². The van der Waals surface area contributed by atoms with Crippen molar-refractivity contribution in [1.29, 1.82) is 0 Å². The third-order valence-corrected chi connectivity index (χ3v) is 4.07. The fourth-order valence-electron chi connectivity index (χ4n) is 1.85. The summed E-state index contributed by atoms with van der Waals surface area (Å²) in [6, 6.07) is 10.7. The lowest BCUT2D eigenvalue weighted by Crippen LogP contribution is -2.18. The Hall–Kier alpha value is -1.86. The summed E-state index contributed by atoms with van der Waals surface area (Å²) in [6.07, 6.45) is 1.55. The molecule has 0 aromatic heterocycles. The number of amides is 1. The second kappa shape index (κ2) is 8.12. The Bertz CT molecular complexity index is 748. The minimum Gasteiger partial charge on any atom is -0.496 e. The number of hydrogen-bond donors (Lipinski definition) is 1. The van der Waals surface area contributed by atoms with Crippen LogP contribution in [0.2, 0.25) is 0 Å². The Morgan fingerprint density at radius 1 is 1.09 bits per heavy atom. The minimum atomic E-state index is -0.355. The van der Waals surface area contributed by atoms with Gasteiger partial charge in [0.1, 0.15) is 11.5 Å². The molecule has 0 bridgehead atoms. The number of carbonyl (C=O) groups excluding carboxylic acids is 1. The molecular weight excluding hydrogens is 428 g/mol. The average molecular weight is 442 g/mol. The molecule has 1 amide bonds. The molecule has 5 nitrogen and oxygen atoms in total. The van der Waals surface area contributed by atoms with Crippen molar-refractivity contribution in [3.05, 3.63) is 56.5 Å². The molecule has 7 heteroatoms. The van der Waals surface area contributed by atoms with E-state index in [0.29, 0.717) is 11.3 Å². The summed E-state index contributed by atoms with van der Waals surface area (Å²) in [4.78, 5) is 12.2. The molecule has 0 spiro atoms. The van der Waals surface area contributed by atoms with Crippen LogP contribution in [-0.2, 0) is 0 Å². The van der Waals surface area contributed by atoms with Gasteiger partial charge in [-0.2, -0.15) is 5.10 Å². The van der Waals surface area contributed by atoms with Crippen LogP contribution in [0.15, 0.2) is 50.4 Å². The molecule has 0 saturated heterocycles.